The highest BCUT2D eigenvalue weighted by Crippen LogP contribution is 2.32. The van der Waals surface area contributed by atoms with Crippen LogP contribution in [0.4, 0.5) is 5.69 Å². The van der Waals surface area contributed by atoms with Crippen molar-refractivity contribution in [3.05, 3.63) is 64.2 Å². The standard InChI is InChI=1S/C28H36N4O2/c1-28(2,3)19-34-25-17-22(31(4)5)16-15-21(25)18-29-32-26(20-11-7-6-8-12-20)30-24-14-10-9-13-23(24)27(32)33/h9-10,13-18,20H,6-8,11-12,19H2,1-5H3. The second-order valence-corrected chi connectivity index (χ2v) is 10.6. The van der Waals surface area contributed by atoms with Gasteiger partial charge in [-0.15, -0.1) is 0 Å². The van der Waals surface area contributed by atoms with Crippen molar-refractivity contribution < 1.29 is 4.74 Å². The Bertz CT molecular complexity index is 1230. The van der Waals surface area contributed by atoms with Crippen LogP contribution in [-0.2, 0) is 0 Å². The van der Waals surface area contributed by atoms with Gasteiger partial charge in [-0.3, -0.25) is 4.79 Å². The highest BCUT2D eigenvalue weighted by atomic mass is 16.5. The number of anilines is 1. The third-order valence-corrected chi connectivity index (χ3v) is 6.24. The van der Waals surface area contributed by atoms with Crippen LogP contribution >= 0.6 is 0 Å². The number of rotatable bonds is 6. The minimum Gasteiger partial charge on any atom is -0.492 e. The third kappa shape index (κ3) is 5.49. The van der Waals surface area contributed by atoms with Crippen molar-refractivity contribution in [2.24, 2.45) is 10.5 Å². The fourth-order valence-electron chi connectivity index (χ4n) is 4.32. The Hall–Kier alpha value is -3.15. The van der Waals surface area contributed by atoms with Crippen LogP contribution in [0.3, 0.4) is 0 Å². The van der Waals surface area contributed by atoms with Crippen LogP contribution in [0.1, 0.15) is 70.2 Å². The quantitative estimate of drug-likeness (QED) is 0.435. The van der Waals surface area contributed by atoms with E-state index < -0.39 is 0 Å². The maximum Gasteiger partial charge on any atom is 0.282 e. The van der Waals surface area contributed by atoms with E-state index in [9.17, 15) is 4.79 Å². The van der Waals surface area contributed by atoms with E-state index in [1.807, 2.05) is 61.5 Å². The van der Waals surface area contributed by atoms with Gasteiger partial charge in [-0.1, -0.05) is 52.2 Å². The van der Waals surface area contributed by atoms with E-state index >= 15 is 0 Å². The van der Waals surface area contributed by atoms with Gasteiger partial charge in [0.2, 0.25) is 0 Å². The van der Waals surface area contributed by atoms with E-state index in [2.05, 4.69) is 20.8 Å². The molecule has 0 saturated heterocycles. The van der Waals surface area contributed by atoms with E-state index in [-0.39, 0.29) is 16.9 Å². The zero-order valence-corrected chi connectivity index (χ0v) is 21.0. The van der Waals surface area contributed by atoms with Gasteiger partial charge in [0.15, 0.2) is 0 Å². The number of ether oxygens (including phenoxy) is 1. The molecule has 180 valence electrons. The van der Waals surface area contributed by atoms with Crippen LogP contribution in [0.15, 0.2) is 52.4 Å². The first-order valence-corrected chi connectivity index (χ1v) is 12.2. The molecule has 0 N–H and O–H groups in total. The number of hydrogen-bond acceptors (Lipinski definition) is 5. The molecule has 0 spiro atoms. The predicted octanol–water partition coefficient (Wildman–Crippen LogP) is 5.82. The summed E-state index contributed by atoms with van der Waals surface area (Å²) in [6, 6.07) is 13.6. The summed E-state index contributed by atoms with van der Waals surface area (Å²) in [6.07, 6.45) is 7.38. The van der Waals surface area contributed by atoms with Gasteiger partial charge < -0.3 is 9.64 Å². The van der Waals surface area contributed by atoms with Crippen LogP contribution in [0.5, 0.6) is 5.75 Å². The number of benzene rings is 2. The molecule has 4 rings (SSSR count). The first-order chi connectivity index (χ1) is 16.2. The molecule has 34 heavy (non-hydrogen) atoms. The van der Waals surface area contributed by atoms with E-state index in [1.54, 1.807) is 6.21 Å². The van der Waals surface area contributed by atoms with Gasteiger partial charge in [-0.05, 0) is 42.5 Å². The van der Waals surface area contributed by atoms with Crippen molar-refractivity contribution >= 4 is 22.8 Å². The van der Waals surface area contributed by atoms with Crippen molar-refractivity contribution in [2.75, 3.05) is 25.6 Å². The monoisotopic (exact) mass is 460 g/mol. The van der Waals surface area contributed by atoms with E-state index in [0.717, 1.165) is 54.0 Å². The molecule has 0 radical (unpaired) electrons. The van der Waals surface area contributed by atoms with E-state index in [4.69, 9.17) is 14.8 Å². The van der Waals surface area contributed by atoms with E-state index in [1.165, 1.54) is 11.1 Å². The molecule has 3 aromatic rings. The predicted molar refractivity (Wildman–Crippen MR) is 141 cm³/mol. The summed E-state index contributed by atoms with van der Waals surface area (Å²) >= 11 is 0. The maximum atomic E-state index is 13.5. The molecule has 0 bridgehead atoms. The number of hydrogen-bond donors (Lipinski definition) is 0. The lowest BCUT2D eigenvalue weighted by Crippen LogP contribution is -2.25. The molecule has 6 heteroatoms. The Morgan fingerprint density at radius 3 is 2.56 bits per heavy atom. The number of para-hydroxylation sites is 1. The summed E-state index contributed by atoms with van der Waals surface area (Å²) < 4.78 is 7.73. The van der Waals surface area contributed by atoms with Gasteiger partial charge in [0, 0.05) is 37.3 Å². The van der Waals surface area contributed by atoms with Crippen molar-refractivity contribution in [3.8, 4) is 5.75 Å². The second kappa shape index (κ2) is 10.00. The molecule has 0 unspecified atom stereocenters. The molecule has 1 aromatic heterocycles. The average molecular weight is 461 g/mol. The smallest absolute Gasteiger partial charge is 0.282 e. The van der Waals surface area contributed by atoms with Crippen LogP contribution in [0.25, 0.3) is 10.9 Å². The zero-order chi connectivity index (χ0) is 24.3. The van der Waals surface area contributed by atoms with Gasteiger partial charge in [0.1, 0.15) is 11.6 Å². The lowest BCUT2D eigenvalue weighted by atomic mass is 9.88. The molecule has 1 aliphatic rings. The third-order valence-electron chi connectivity index (χ3n) is 6.24. The molecule has 1 saturated carbocycles. The summed E-state index contributed by atoms with van der Waals surface area (Å²) in [7, 11) is 4.01. The van der Waals surface area contributed by atoms with Crippen LogP contribution in [0, 0.1) is 5.41 Å². The van der Waals surface area contributed by atoms with Crippen LogP contribution < -0.4 is 15.2 Å². The molecular weight excluding hydrogens is 424 g/mol. The van der Waals surface area contributed by atoms with Crippen LogP contribution in [-0.4, -0.2) is 36.6 Å². The molecule has 2 aromatic carbocycles. The molecule has 0 aliphatic heterocycles. The van der Waals surface area contributed by atoms with E-state index in [0.29, 0.717) is 12.0 Å². The van der Waals surface area contributed by atoms with Gasteiger partial charge >= 0.3 is 0 Å². The topological polar surface area (TPSA) is 59.7 Å². The molecule has 1 aliphatic carbocycles. The highest BCUT2D eigenvalue weighted by molar-refractivity contribution is 5.85. The first kappa shape index (κ1) is 24.0. The zero-order valence-electron chi connectivity index (χ0n) is 21.0. The second-order valence-electron chi connectivity index (χ2n) is 10.6. The number of nitrogens with zero attached hydrogens (tertiary/aromatic N) is 4. The molecule has 1 heterocycles. The van der Waals surface area contributed by atoms with Gasteiger partial charge in [0.25, 0.3) is 5.56 Å². The minimum absolute atomic E-state index is 0.0237. The van der Waals surface area contributed by atoms with Crippen LogP contribution in [0.2, 0.25) is 0 Å². The summed E-state index contributed by atoms with van der Waals surface area (Å²) in [5.41, 5.74) is 2.53. The van der Waals surface area contributed by atoms with Crippen molar-refractivity contribution in [1.29, 1.82) is 0 Å². The summed E-state index contributed by atoms with van der Waals surface area (Å²) in [5.74, 6) is 1.77. The van der Waals surface area contributed by atoms with Crippen molar-refractivity contribution in [1.82, 2.24) is 9.66 Å². The molecule has 1 fully saturated rings. The van der Waals surface area contributed by atoms with Crippen molar-refractivity contribution in [2.45, 2.75) is 58.8 Å². The Morgan fingerprint density at radius 1 is 1.12 bits per heavy atom. The first-order valence-electron chi connectivity index (χ1n) is 12.2. The molecule has 6 nitrogen and oxygen atoms in total. The molecule has 0 atom stereocenters. The minimum atomic E-state index is -0.121. The largest absolute Gasteiger partial charge is 0.492 e. The van der Waals surface area contributed by atoms with Crippen molar-refractivity contribution in [3.63, 3.8) is 0 Å². The average Bonchev–Trinajstić information content (AvgIpc) is 2.82. The Balaban J connectivity index is 1.78. The summed E-state index contributed by atoms with van der Waals surface area (Å²) in [6.45, 7) is 7.02. The van der Waals surface area contributed by atoms with Gasteiger partial charge in [0.05, 0.1) is 23.7 Å². The highest BCUT2D eigenvalue weighted by Gasteiger charge is 2.22. The number of fused-ring (bicyclic) bond motifs is 1. The summed E-state index contributed by atoms with van der Waals surface area (Å²) in [5, 5.41) is 5.29. The van der Waals surface area contributed by atoms with Gasteiger partial charge in [-0.2, -0.15) is 9.78 Å². The SMILES string of the molecule is CN(C)c1ccc(C=Nn2c(C3CCCCC3)nc3ccccc3c2=O)c(OCC(C)(C)C)c1. The Morgan fingerprint density at radius 2 is 1.85 bits per heavy atom. The number of aromatic nitrogens is 2. The normalized spacial score (nSPS) is 15.2. The maximum absolute atomic E-state index is 13.5. The molecular formula is C28H36N4O2. The lowest BCUT2D eigenvalue weighted by molar-refractivity contribution is 0.198. The Labute approximate surface area is 202 Å². The molecule has 0 amide bonds. The fourth-order valence-corrected chi connectivity index (χ4v) is 4.32. The summed E-state index contributed by atoms with van der Waals surface area (Å²) in [4.78, 5) is 20.4. The Kier molecular flexibility index (Phi) is 7.05. The van der Waals surface area contributed by atoms with Gasteiger partial charge in [-0.25, -0.2) is 4.98 Å². The lowest BCUT2D eigenvalue weighted by Gasteiger charge is -2.23. The fraction of sp³-hybridized carbons (Fsp3) is 0.464.